The van der Waals surface area contributed by atoms with E-state index in [1.165, 1.54) is 154 Å². The summed E-state index contributed by atoms with van der Waals surface area (Å²) in [5.41, 5.74) is 0. The Hall–Kier alpha value is -3.41. The van der Waals surface area contributed by atoms with Crippen LogP contribution in [0.1, 0.15) is 271 Å². The van der Waals surface area contributed by atoms with E-state index < -0.39 is 49.5 Å². The SMILES string of the molecule is CC/C=C\C/C=C\C/C=C\C/C=C\C/C=C\C/C=C\C/C=C\CCCCCCCCCCCCCCCCCCCCCC(=O)NC(COC1OC(CO)C(O)C(O)C1O)C(O)/C=C/CC/C=C/CC/C=C/CCCCCCCCC. The lowest BCUT2D eigenvalue weighted by molar-refractivity contribution is -0.302. The molecule has 1 amide bonds. The normalized spacial score (nSPS) is 19.2. The smallest absolute Gasteiger partial charge is 0.220 e. The van der Waals surface area contributed by atoms with Crippen LogP contribution in [0.2, 0.25) is 0 Å². The second-order valence-electron chi connectivity index (χ2n) is 22.5. The van der Waals surface area contributed by atoms with Gasteiger partial charge in [0, 0.05) is 6.42 Å². The van der Waals surface area contributed by atoms with E-state index in [1.807, 2.05) is 6.08 Å². The highest BCUT2D eigenvalue weighted by atomic mass is 16.7. The number of aliphatic hydroxyl groups is 5. The number of carbonyl (C=O) groups is 1. The maximum Gasteiger partial charge on any atom is 0.220 e. The summed E-state index contributed by atoms with van der Waals surface area (Å²) in [7, 11) is 0. The third kappa shape index (κ3) is 48.6. The van der Waals surface area contributed by atoms with Crippen LogP contribution in [0.15, 0.2) is 122 Å². The standard InChI is InChI=1S/C72H123NO8/c1-3-5-7-9-11-13-15-17-19-21-22-23-24-25-26-27-28-29-30-31-32-33-34-35-36-37-38-39-40-41-42-43-44-46-48-50-52-54-56-58-60-62-68(76)73-65(64-80-72-71(79)70(78)69(77)67(63-74)81-72)66(75)61-59-57-55-53-51-49-47-45-20-18-16-14-12-10-8-6-4-2/h5,7,11,13,17,19-20,22-23,25-26,28-29,31-32,45,51,53,59,61,65-67,69-72,74-75,77-79H,3-4,6,8-10,12,14-16,18,21,24,27,30,33-44,46-50,52,54-58,60,62-64H2,1-2H3,(H,73,76)/b7-5-,13-11-,19-17-,23-22-,26-25-,29-28-,32-31-,45-20+,53-51+,61-59+. The zero-order valence-corrected chi connectivity index (χ0v) is 51.7. The molecule has 1 fully saturated rings. The van der Waals surface area contributed by atoms with Crippen molar-refractivity contribution in [3.63, 3.8) is 0 Å². The molecule has 1 aliphatic rings. The van der Waals surface area contributed by atoms with Crippen LogP contribution in [0.5, 0.6) is 0 Å². The third-order valence-corrected chi connectivity index (χ3v) is 15.0. The predicted molar refractivity (Wildman–Crippen MR) is 345 cm³/mol. The number of unbranched alkanes of at least 4 members (excludes halogenated alkanes) is 28. The zero-order chi connectivity index (χ0) is 58.6. The van der Waals surface area contributed by atoms with E-state index in [9.17, 15) is 30.3 Å². The fraction of sp³-hybridized carbons (Fsp3) is 0.708. The van der Waals surface area contributed by atoms with E-state index in [0.29, 0.717) is 6.42 Å². The number of nitrogens with one attached hydrogen (secondary N) is 1. The molecule has 464 valence electrons. The maximum atomic E-state index is 13.1. The molecule has 81 heavy (non-hydrogen) atoms. The fourth-order valence-corrected chi connectivity index (χ4v) is 9.82. The summed E-state index contributed by atoms with van der Waals surface area (Å²) < 4.78 is 11.3. The molecular weight excluding hydrogens is 1010 g/mol. The lowest BCUT2D eigenvalue weighted by Gasteiger charge is -2.40. The molecule has 0 bridgehead atoms. The van der Waals surface area contributed by atoms with Crippen molar-refractivity contribution in [1.29, 1.82) is 0 Å². The molecule has 1 aliphatic heterocycles. The van der Waals surface area contributed by atoms with Crippen LogP contribution in [0.3, 0.4) is 0 Å². The van der Waals surface area contributed by atoms with Gasteiger partial charge in [0.25, 0.3) is 0 Å². The molecular formula is C72H123NO8. The number of rotatable bonds is 56. The van der Waals surface area contributed by atoms with Gasteiger partial charge in [0.15, 0.2) is 6.29 Å². The monoisotopic (exact) mass is 1130 g/mol. The molecule has 7 atom stereocenters. The first-order valence-electron chi connectivity index (χ1n) is 33.3. The quantitative estimate of drug-likeness (QED) is 0.0261. The van der Waals surface area contributed by atoms with Crippen LogP contribution in [0.4, 0.5) is 0 Å². The van der Waals surface area contributed by atoms with Gasteiger partial charge in [-0.05, 0) is 103 Å². The van der Waals surface area contributed by atoms with Crippen molar-refractivity contribution in [2.45, 2.75) is 314 Å². The summed E-state index contributed by atoms with van der Waals surface area (Å²) >= 11 is 0. The highest BCUT2D eigenvalue weighted by Gasteiger charge is 2.44. The summed E-state index contributed by atoms with van der Waals surface area (Å²) in [5.74, 6) is -0.192. The second-order valence-corrected chi connectivity index (χ2v) is 22.5. The Morgan fingerprint density at radius 1 is 0.432 bits per heavy atom. The van der Waals surface area contributed by atoms with Gasteiger partial charge in [-0.1, -0.05) is 283 Å². The first-order chi connectivity index (χ1) is 39.8. The van der Waals surface area contributed by atoms with E-state index in [4.69, 9.17) is 9.47 Å². The molecule has 0 aromatic carbocycles. The van der Waals surface area contributed by atoms with E-state index in [-0.39, 0.29) is 12.5 Å². The van der Waals surface area contributed by atoms with Gasteiger partial charge in [-0.25, -0.2) is 0 Å². The molecule has 0 aliphatic carbocycles. The topological polar surface area (TPSA) is 149 Å². The Kier molecular flexibility index (Phi) is 55.8. The molecule has 6 N–H and O–H groups in total. The molecule has 7 unspecified atom stereocenters. The lowest BCUT2D eigenvalue weighted by Crippen LogP contribution is -2.60. The maximum absolute atomic E-state index is 13.1. The fourth-order valence-electron chi connectivity index (χ4n) is 9.82. The molecule has 9 heteroatoms. The number of carbonyl (C=O) groups excluding carboxylic acids is 1. The van der Waals surface area contributed by atoms with E-state index in [2.05, 4.69) is 129 Å². The largest absolute Gasteiger partial charge is 0.394 e. The minimum atomic E-state index is -1.58. The number of ether oxygens (including phenoxy) is 2. The van der Waals surface area contributed by atoms with Gasteiger partial charge in [0.2, 0.25) is 5.91 Å². The lowest BCUT2D eigenvalue weighted by atomic mass is 9.99. The summed E-state index contributed by atoms with van der Waals surface area (Å²) in [4.78, 5) is 13.1. The molecule has 0 spiro atoms. The number of aliphatic hydroxyl groups excluding tert-OH is 5. The van der Waals surface area contributed by atoms with Crippen LogP contribution in [-0.4, -0.2) is 87.5 Å². The van der Waals surface area contributed by atoms with Crippen molar-refractivity contribution in [1.82, 2.24) is 5.32 Å². The first-order valence-corrected chi connectivity index (χ1v) is 33.3. The van der Waals surface area contributed by atoms with Crippen molar-refractivity contribution in [3.8, 4) is 0 Å². The van der Waals surface area contributed by atoms with Crippen LogP contribution in [0.25, 0.3) is 0 Å². The molecule has 0 aromatic heterocycles. The summed E-state index contributed by atoms with van der Waals surface area (Å²) in [6.45, 7) is 3.64. The van der Waals surface area contributed by atoms with Crippen molar-refractivity contribution < 1.29 is 39.8 Å². The Bertz CT molecular complexity index is 1690. The van der Waals surface area contributed by atoms with Gasteiger partial charge < -0.3 is 40.3 Å². The molecule has 9 nitrogen and oxygen atoms in total. The summed E-state index contributed by atoms with van der Waals surface area (Å²) in [6, 6.07) is -0.833. The summed E-state index contributed by atoms with van der Waals surface area (Å²) in [6.07, 6.45) is 83.0. The van der Waals surface area contributed by atoms with Gasteiger partial charge in [0.1, 0.15) is 24.4 Å². The predicted octanol–water partition coefficient (Wildman–Crippen LogP) is 17.9. The minimum absolute atomic E-state index is 0.192. The molecule has 1 saturated heterocycles. The highest BCUT2D eigenvalue weighted by Crippen LogP contribution is 2.23. The average Bonchev–Trinajstić information content (AvgIpc) is 3.49. The van der Waals surface area contributed by atoms with E-state index in [0.717, 1.165) is 96.3 Å². The van der Waals surface area contributed by atoms with E-state index in [1.54, 1.807) is 6.08 Å². The third-order valence-electron chi connectivity index (χ3n) is 15.0. The van der Waals surface area contributed by atoms with Gasteiger partial charge in [-0.15, -0.1) is 0 Å². The number of amides is 1. The van der Waals surface area contributed by atoms with Crippen LogP contribution in [-0.2, 0) is 14.3 Å². The number of hydrogen-bond acceptors (Lipinski definition) is 8. The minimum Gasteiger partial charge on any atom is -0.394 e. The van der Waals surface area contributed by atoms with Crippen LogP contribution < -0.4 is 5.32 Å². The Balaban J connectivity index is 2.10. The molecule has 0 saturated carbocycles. The molecule has 1 heterocycles. The van der Waals surface area contributed by atoms with Gasteiger partial charge in [-0.2, -0.15) is 0 Å². The van der Waals surface area contributed by atoms with Gasteiger partial charge in [0.05, 0.1) is 25.4 Å². The van der Waals surface area contributed by atoms with Crippen molar-refractivity contribution >= 4 is 5.91 Å². The van der Waals surface area contributed by atoms with Crippen LogP contribution >= 0.6 is 0 Å². The second kappa shape index (κ2) is 59.7. The van der Waals surface area contributed by atoms with E-state index >= 15 is 0 Å². The van der Waals surface area contributed by atoms with Crippen molar-refractivity contribution in [2.75, 3.05) is 13.2 Å². The van der Waals surface area contributed by atoms with Gasteiger partial charge >= 0.3 is 0 Å². The first kappa shape index (κ1) is 75.6. The number of allylic oxidation sites excluding steroid dienone is 19. The Morgan fingerprint density at radius 2 is 0.778 bits per heavy atom. The zero-order valence-electron chi connectivity index (χ0n) is 51.7. The molecule has 1 rings (SSSR count). The van der Waals surface area contributed by atoms with Gasteiger partial charge in [-0.3, -0.25) is 4.79 Å². The molecule has 0 aromatic rings. The van der Waals surface area contributed by atoms with Crippen molar-refractivity contribution in [3.05, 3.63) is 122 Å². The Labute approximate surface area is 497 Å². The van der Waals surface area contributed by atoms with Crippen LogP contribution in [0, 0.1) is 0 Å². The molecule has 0 radical (unpaired) electrons. The average molecular weight is 1130 g/mol. The Morgan fingerprint density at radius 3 is 1.19 bits per heavy atom. The summed E-state index contributed by atoms with van der Waals surface area (Å²) in [5, 5.41) is 54.6. The van der Waals surface area contributed by atoms with Crippen molar-refractivity contribution in [2.24, 2.45) is 0 Å². The number of hydrogen-bond donors (Lipinski definition) is 6. The highest BCUT2D eigenvalue weighted by molar-refractivity contribution is 5.76.